The highest BCUT2D eigenvalue weighted by Gasteiger charge is 2.28. The van der Waals surface area contributed by atoms with E-state index in [0.29, 0.717) is 23.9 Å². The Morgan fingerprint density at radius 1 is 1.26 bits per heavy atom. The number of carbonyl (C=O) groups is 1. The van der Waals surface area contributed by atoms with E-state index in [1.54, 1.807) is 12.3 Å². The molecular weight excluding hydrogens is 392 g/mol. The molecular formula is C24H26N4O3. The molecule has 4 aromatic rings. The third kappa shape index (κ3) is 3.15. The Hall–Kier alpha value is -3.35. The van der Waals surface area contributed by atoms with Gasteiger partial charge in [-0.1, -0.05) is 38.1 Å². The maximum atomic E-state index is 13.3. The van der Waals surface area contributed by atoms with Crippen molar-refractivity contribution < 1.29 is 9.21 Å². The van der Waals surface area contributed by atoms with E-state index in [-0.39, 0.29) is 17.5 Å². The summed E-state index contributed by atoms with van der Waals surface area (Å²) in [5, 5.41) is 7.81. The van der Waals surface area contributed by atoms with Crippen molar-refractivity contribution in [1.82, 2.24) is 19.5 Å². The summed E-state index contributed by atoms with van der Waals surface area (Å²) in [6.07, 6.45) is 5.67. The average molecular weight is 418 g/mol. The number of rotatable bonds is 5. The lowest BCUT2D eigenvalue weighted by Gasteiger charge is -2.28. The minimum atomic E-state index is -0.668. The summed E-state index contributed by atoms with van der Waals surface area (Å²) in [6.45, 7) is 3.90. The molecule has 0 radical (unpaired) electrons. The highest BCUT2D eigenvalue weighted by atomic mass is 16.3. The van der Waals surface area contributed by atoms with Crippen LogP contribution in [-0.2, 0) is 17.6 Å². The van der Waals surface area contributed by atoms with Gasteiger partial charge in [0.1, 0.15) is 17.4 Å². The minimum Gasteiger partial charge on any atom is -0.463 e. The molecule has 7 nitrogen and oxygen atoms in total. The number of hydrogen-bond donors (Lipinski definition) is 1. The van der Waals surface area contributed by atoms with Crippen LogP contribution in [0.5, 0.6) is 0 Å². The summed E-state index contributed by atoms with van der Waals surface area (Å²) in [7, 11) is 0. The summed E-state index contributed by atoms with van der Waals surface area (Å²) in [5.41, 5.74) is 4.12. The van der Waals surface area contributed by atoms with Gasteiger partial charge in [-0.05, 0) is 36.8 Å². The molecule has 160 valence electrons. The lowest BCUT2D eigenvalue weighted by atomic mass is 9.87. The Morgan fingerprint density at radius 3 is 2.90 bits per heavy atom. The molecule has 1 aromatic carbocycles. The second-order valence-corrected chi connectivity index (χ2v) is 8.13. The summed E-state index contributed by atoms with van der Waals surface area (Å²) < 4.78 is 8.68. The molecule has 3 heterocycles. The van der Waals surface area contributed by atoms with Gasteiger partial charge in [0, 0.05) is 18.6 Å². The fourth-order valence-corrected chi connectivity index (χ4v) is 4.77. The van der Waals surface area contributed by atoms with Crippen molar-refractivity contribution in [3.8, 4) is 0 Å². The third-order valence-electron chi connectivity index (χ3n) is 6.32. The van der Waals surface area contributed by atoms with Crippen LogP contribution in [0.4, 0.5) is 0 Å². The van der Waals surface area contributed by atoms with Gasteiger partial charge in [-0.3, -0.25) is 14.0 Å². The van der Waals surface area contributed by atoms with Crippen molar-refractivity contribution >= 4 is 22.5 Å². The molecule has 1 aliphatic rings. The van der Waals surface area contributed by atoms with Crippen LogP contribution < -0.4 is 10.9 Å². The fraction of sp³-hybridized carbons (Fsp3) is 0.375. The minimum absolute atomic E-state index is 0.0350. The molecule has 2 atom stereocenters. The first-order chi connectivity index (χ1) is 15.1. The van der Waals surface area contributed by atoms with Crippen LogP contribution >= 0.6 is 0 Å². The molecule has 1 amide bonds. The van der Waals surface area contributed by atoms with E-state index in [1.807, 2.05) is 36.4 Å². The predicted octanol–water partition coefficient (Wildman–Crippen LogP) is 3.95. The molecule has 0 fully saturated rings. The molecule has 0 spiro atoms. The molecule has 0 unspecified atom stereocenters. The second-order valence-electron chi connectivity index (χ2n) is 8.13. The van der Waals surface area contributed by atoms with Gasteiger partial charge in [-0.15, -0.1) is 0 Å². The van der Waals surface area contributed by atoms with E-state index in [4.69, 9.17) is 4.42 Å². The van der Waals surface area contributed by atoms with Crippen LogP contribution in [-0.4, -0.2) is 20.1 Å². The summed E-state index contributed by atoms with van der Waals surface area (Å²) in [5.74, 6) is 0.556. The van der Waals surface area contributed by atoms with Gasteiger partial charge in [0.2, 0.25) is 5.91 Å². The molecule has 0 saturated heterocycles. The summed E-state index contributed by atoms with van der Waals surface area (Å²) in [4.78, 5) is 26.6. The Balaban J connectivity index is 1.53. The quantitative estimate of drug-likeness (QED) is 0.532. The van der Waals surface area contributed by atoms with Crippen molar-refractivity contribution in [3.63, 3.8) is 0 Å². The molecule has 5 rings (SSSR count). The van der Waals surface area contributed by atoms with Gasteiger partial charge in [0.05, 0.1) is 17.8 Å². The zero-order valence-corrected chi connectivity index (χ0v) is 17.8. The third-order valence-corrected chi connectivity index (χ3v) is 6.32. The van der Waals surface area contributed by atoms with Crippen LogP contribution in [0.1, 0.15) is 62.1 Å². The zero-order valence-electron chi connectivity index (χ0n) is 17.8. The normalized spacial score (nSPS) is 17.0. The van der Waals surface area contributed by atoms with E-state index >= 15 is 0 Å². The summed E-state index contributed by atoms with van der Waals surface area (Å²) in [6, 6.07) is 11.1. The fourth-order valence-electron chi connectivity index (χ4n) is 4.77. The molecule has 0 aliphatic heterocycles. The van der Waals surface area contributed by atoms with E-state index in [9.17, 15) is 9.59 Å². The Labute approximate surface area is 179 Å². The van der Waals surface area contributed by atoms with Crippen molar-refractivity contribution in [1.29, 1.82) is 0 Å². The van der Waals surface area contributed by atoms with Gasteiger partial charge in [0.15, 0.2) is 5.58 Å². The second kappa shape index (κ2) is 7.72. The van der Waals surface area contributed by atoms with Crippen LogP contribution in [0.25, 0.3) is 16.6 Å². The topological polar surface area (TPSA) is 81.5 Å². The number of furan rings is 1. The number of nitrogens with zero attached hydrogens (tertiary/aromatic N) is 3. The Bertz CT molecular complexity index is 1330. The molecule has 0 saturated carbocycles. The number of nitrogens with one attached hydrogen (secondary N) is 1. The first-order valence-electron chi connectivity index (χ1n) is 11.0. The zero-order chi connectivity index (χ0) is 21.5. The van der Waals surface area contributed by atoms with Crippen LogP contribution in [0.2, 0.25) is 0 Å². The van der Waals surface area contributed by atoms with Gasteiger partial charge in [0.25, 0.3) is 5.56 Å². The maximum Gasteiger partial charge on any atom is 0.291 e. The van der Waals surface area contributed by atoms with Crippen LogP contribution in [0.15, 0.2) is 51.9 Å². The van der Waals surface area contributed by atoms with E-state index in [1.165, 1.54) is 15.8 Å². The van der Waals surface area contributed by atoms with Gasteiger partial charge < -0.3 is 9.73 Å². The standard InChI is InChI=1S/C24H26N4O3/c1-3-18(23(29)25-17-11-7-9-15-8-5-6-10-16(15)17)28-24(30)20-14-21-19(12-13-31-21)27(20)22(4-2)26-28/h5-6,8,10,12-14,17-18H,3-4,7,9,11H2,1-2H3,(H,25,29)/t17-,18-/m0/s1. The highest BCUT2D eigenvalue weighted by molar-refractivity contribution is 5.83. The number of benzene rings is 1. The van der Waals surface area contributed by atoms with Crippen molar-refractivity contribution in [2.24, 2.45) is 0 Å². The molecule has 1 aliphatic carbocycles. The van der Waals surface area contributed by atoms with Crippen molar-refractivity contribution in [2.45, 2.75) is 58.0 Å². The largest absolute Gasteiger partial charge is 0.463 e. The van der Waals surface area contributed by atoms with E-state index in [2.05, 4.69) is 22.5 Å². The van der Waals surface area contributed by atoms with Crippen molar-refractivity contribution in [3.05, 3.63) is 70.0 Å². The number of amides is 1. The first-order valence-corrected chi connectivity index (χ1v) is 11.0. The van der Waals surface area contributed by atoms with E-state index in [0.717, 1.165) is 30.6 Å². The predicted molar refractivity (Wildman–Crippen MR) is 118 cm³/mol. The maximum absolute atomic E-state index is 13.3. The Morgan fingerprint density at radius 2 is 2.10 bits per heavy atom. The van der Waals surface area contributed by atoms with Crippen LogP contribution in [0, 0.1) is 0 Å². The van der Waals surface area contributed by atoms with Gasteiger partial charge in [-0.25, -0.2) is 4.68 Å². The lowest BCUT2D eigenvalue weighted by Crippen LogP contribution is -2.41. The molecule has 7 heteroatoms. The monoisotopic (exact) mass is 418 g/mol. The van der Waals surface area contributed by atoms with Gasteiger partial charge >= 0.3 is 0 Å². The number of aryl methyl sites for hydroxylation is 2. The number of carbonyl (C=O) groups excluding carboxylic acids is 1. The van der Waals surface area contributed by atoms with Crippen LogP contribution in [0.3, 0.4) is 0 Å². The average Bonchev–Trinajstić information content (AvgIpc) is 3.38. The van der Waals surface area contributed by atoms with Gasteiger partial charge in [-0.2, -0.15) is 5.10 Å². The Kier molecular flexibility index (Phi) is 4.88. The lowest BCUT2D eigenvalue weighted by molar-refractivity contribution is -0.125. The highest BCUT2D eigenvalue weighted by Crippen LogP contribution is 2.30. The SMILES string of the molecule is CCc1nn([C@@H](CC)C(=O)N[C@H]2CCCc3ccccc32)c(=O)c2cc3occc3n12. The number of fused-ring (bicyclic) bond motifs is 4. The molecule has 1 N–H and O–H groups in total. The first kappa shape index (κ1) is 19.6. The van der Waals surface area contributed by atoms with E-state index < -0.39 is 6.04 Å². The number of aromatic nitrogens is 3. The molecule has 0 bridgehead atoms. The van der Waals surface area contributed by atoms with Crippen molar-refractivity contribution in [2.75, 3.05) is 0 Å². The molecule has 31 heavy (non-hydrogen) atoms. The molecule has 3 aromatic heterocycles. The smallest absolute Gasteiger partial charge is 0.291 e. The number of hydrogen-bond acceptors (Lipinski definition) is 4. The summed E-state index contributed by atoms with van der Waals surface area (Å²) >= 11 is 0.